The number of carbonyl (C=O) groups is 2. The van der Waals surface area contributed by atoms with E-state index >= 15 is 0 Å². The third-order valence-corrected chi connectivity index (χ3v) is 4.23. The van der Waals surface area contributed by atoms with Gasteiger partial charge >= 0.3 is 5.97 Å². The van der Waals surface area contributed by atoms with Crippen molar-refractivity contribution in [2.75, 3.05) is 12.4 Å². The fourth-order valence-electron chi connectivity index (χ4n) is 2.63. The Morgan fingerprint density at radius 2 is 1.82 bits per heavy atom. The maximum absolute atomic E-state index is 12.8. The lowest BCUT2D eigenvalue weighted by atomic mass is 10.1. The van der Waals surface area contributed by atoms with Crippen LogP contribution >= 0.6 is 0 Å². The van der Waals surface area contributed by atoms with Crippen molar-refractivity contribution in [3.8, 4) is 5.95 Å². The number of rotatable bonds is 4. The van der Waals surface area contributed by atoms with Gasteiger partial charge in [0.05, 0.1) is 23.9 Å². The normalized spacial score (nSPS) is 10.6. The lowest BCUT2D eigenvalue weighted by Crippen LogP contribution is -2.22. The number of aryl methyl sites for hydroxylation is 2. The molecule has 28 heavy (non-hydrogen) atoms. The monoisotopic (exact) mass is 381 g/mol. The van der Waals surface area contributed by atoms with E-state index in [2.05, 4.69) is 20.4 Å². The number of H-pyrrole nitrogens is 1. The molecule has 0 radical (unpaired) electrons. The number of aromatic nitrogens is 4. The van der Waals surface area contributed by atoms with Crippen LogP contribution in [-0.2, 0) is 4.74 Å². The molecule has 0 saturated carbocycles. The molecular formula is C19H19N5O4. The number of ether oxygens (including phenoxy) is 1. The molecule has 1 aromatic carbocycles. The fourth-order valence-corrected chi connectivity index (χ4v) is 2.63. The summed E-state index contributed by atoms with van der Waals surface area (Å²) < 4.78 is 6.06. The Morgan fingerprint density at radius 3 is 2.46 bits per heavy atom. The highest BCUT2D eigenvalue weighted by molar-refractivity contribution is 6.10. The maximum Gasteiger partial charge on any atom is 0.338 e. The summed E-state index contributed by atoms with van der Waals surface area (Å²) in [5.74, 6) is -0.657. The zero-order valence-corrected chi connectivity index (χ0v) is 15.9. The molecule has 3 aromatic rings. The molecule has 0 aliphatic carbocycles. The average Bonchev–Trinajstić information content (AvgIpc) is 3.05. The Labute approximate surface area is 160 Å². The summed E-state index contributed by atoms with van der Waals surface area (Å²) in [4.78, 5) is 43.8. The summed E-state index contributed by atoms with van der Waals surface area (Å²) in [6.45, 7) is 5.13. The van der Waals surface area contributed by atoms with Gasteiger partial charge in [-0.25, -0.2) is 9.78 Å². The topological polar surface area (TPSA) is 119 Å². The van der Waals surface area contributed by atoms with Gasteiger partial charge in [0.1, 0.15) is 5.82 Å². The standard InChI is InChI=1S/C19H19N5O4/c1-10-9-15(24(23-10)19-20-12(3)11(2)16(25)22-19)21-17(26)13-7-5-6-8-14(13)18(27)28-4/h5-9H,1-4H3,(H,21,26)(H,20,22,25). The minimum Gasteiger partial charge on any atom is -0.465 e. The minimum atomic E-state index is -0.615. The van der Waals surface area contributed by atoms with Gasteiger partial charge in [-0.3, -0.25) is 14.6 Å². The largest absolute Gasteiger partial charge is 0.465 e. The number of esters is 1. The number of anilines is 1. The van der Waals surface area contributed by atoms with Gasteiger partial charge in [-0.15, -0.1) is 0 Å². The van der Waals surface area contributed by atoms with Crippen LogP contribution in [0.2, 0.25) is 0 Å². The number of amides is 1. The summed E-state index contributed by atoms with van der Waals surface area (Å²) in [6, 6.07) is 7.94. The Bertz CT molecular complexity index is 1130. The van der Waals surface area contributed by atoms with E-state index in [0.29, 0.717) is 22.8 Å². The maximum atomic E-state index is 12.8. The number of nitrogens with zero attached hydrogens (tertiary/aromatic N) is 3. The van der Waals surface area contributed by atoms with E-state index in [4.69, 9.17) is 4.74 Å². The Kier molecular flexibility index (Phi) is 5.08. The average molecular weight is 381 g/mol. The molecule has 2 N–H and O–H groups in total. The van der Waals surface area contributed by atoms with Crippen LogP contribution in [0.3, 0.4) is 0 Å². The first-order chi connectivity index (χ1) is 13.3. The number of hydrogen-bond acceptors (Lipinski definition) is 6. The minimum absolute atomic E-state index is 0.142. The first-order valence-corrected chi connectivity index (χ1v) is 8.45. The van der Waals surface area contributed by atoms with E-state index in [1.54, 1.807) is 39.0 Å². The van der Waals surface area contributed by atoms with E-state index in [1.807, 2.05) is 0 Å². The second-order valence-electron chi connectivity index (χ2n) is 6.17. The molecule has 0 aliphatic rings. The van der Waals surface area contributed by atoms with Gasteiger partial charge in [0.2, 0.25) is 5.95 Å². The van der Waals surface area contributed by atoms with Crippen molar-refractivity contribution < 1.29 is 14.3 Å². The predicted molar refractivity (Wildman–Crippen MR) is 102 cm³/mol. The van der Waals surface area contributed by atoms with Crippen molar-refractivity contribution in [3.63, 3.8) is 0 Å². The third kappa shape index (κ3) is 3.54. The van der Waals surface area contributed by atoms with Gasteiger partial charge in [0.15, 0.2) is 0 Å². The second kappa shape index (κ2) is 7.47. The quantitative estimate of drug-likeness (QED) is 0.667. The summed E-state index contributed by atoms with van der Waals surface area (Å²) >= 11 is 0. The van der Waals surface area contributed by atoms with Gasteiger partial charge in [0, 0.05) is 17.3 Å². The van der Waals surface area contributed by atoms with Crippen LogP contribution in [0.15, 0.2) is 35.1 Å². The SMILES string of the molecule is COC(=O)c1ccccc1C(=O)Nc1cc(C)nn1-c1nc(C)c(C)c(=O)[nH]1. The highest BCUT2D eigenvalue weighted by Gasteiger charge is 2.20. The summed E-state index contributed by atoms with van der Waals surface area (Å²) in [7, 11) is 1.25. The van der Waals surface area contributed by atoms with E-state index in [0.717, 1.165) is 0 Å². The van der Waals surface area contributed by atoms with Crippen LogP contribution in [0.5, 0.6) is 0 Å². The predicted octanol–water partition coefficient (Wildman–Crippen LogP) is 1.92. The lowest BCUT2D eigenvalue weighted by Gasteiger charge is -2.11. The molecule has 0 fully saturated rings. The molecule has 0 spiro atoms. The van der Waals surface area contributed by atoms with Gasteiger partial charge < -0.3 is 10.1 Å². The van der Waals surface area contributed by atoms with Crippen molar-refractivity contribution in [3.05, 3.63) is 68.8 Å². The molecular weight excluding hydrogens is 362 g/mol. The molecule has 144 valence electrons. The van der Waals surface area contributed by atoms with Crippen molar-refractivity contribution in [1.29, 1.82) is 0 Å². The van der Waals surface area contributed by atoms with Gasteiger partial charge in [-0.2, -0.15) is 9.78 Å². The van der Waals surface area contributed by atoms with E-state index in [9.17, 15) is 14.4 Å². The smallest absolute Gasteiger partial charge is 0.338 e. The van der Waals surface area contributed by atoms with Crippen LogP contribution < -0.4 is 10.9 Å². The number of methoxy groups -OCH3 is 1. The molecule has 2 heterocycles. The molecule has 2 aromatic heterocycles. The first-order valence-electron chi connectivity index (χ1n) is 8.45. The molecule has 9 heteroatoms. The number of aromatic amines is 1. The molecule has 0 saturated heterocycles. The van der Waals surface area contributed by atoms with Crippen LogP contribution in [0.25, 0.3) is 5.95 Å². The summed E-state index contributed by atoms with van der Waals surface area (Å²) in [6.07, 6.45) is 0. The lowest BCUT2D eigenvalue weighted by molar-refractivity contribution is 0.0597. The fraction of sp³-hybridized carbons (Fsp3) is 0.211. The van der Waals surface area contributed by atoms with Crippen LogP contribution in [0, 0.1) is 20.8 Å². The van der Waals surface area contributed by atoms with Gasteiger partial charge in [0.25, 0.3) is 11.5 Å². The molecule has 9 nitrogen and oxygen atoms in total. The van der Waals surface area contributed by atoms with Crippen LogP contribution in [0.4, 0.5) is 5.82 Å². The van der Waals surface area contributed by atoms with Crippen LogP contribution in [-0.4, -0.2) is 38.7 Å². The molecule has 0 unspecified atom stereocenters. The first kappa shape index (κ1) is 19.0. The van der Waals surface area contributed by atoms with E-state index < -0.39 is 11.9 Å². The molecule has 0 atom stereocenters. The van der Waals surface area contributed by atoms with E-state index in [1.165, 1.54) is 23.9 Å². The highest BCUT2D eigenvalue weighted by Crippen LogP contribution is 2.17. The second-order valence-corrected chi connectivity index (χ2v) is 6.17. The van der Waals surface area contributed by atoms with E-state index in [-0.39, 0.29) is 22.6 Å². The van der Waals surface area contributed by atoms with Crippen molar-refractivity contribution >= 4 is 17.7 Å². The van der Waals surface area contributed by atoms with Gasteiger partial charge in [-0.1, -0.05) is 12.1 Å². The number of hydrogen-bond donors (Lipinski definition) is 2. The summed E-state index contributed by atoms with van der Waals surface area (Å²) in [5.41, 5.74) is 1.68. The molecule has 0 aliphatic heterocycles. The zero-order chi connectivity index (χ0) is 20.4. The van der Waals surface area contributed by atoms with Crippen molar-refractivity contribution in [2.24, 2.45) is 0 Å². The molecule has 1 amide bonds. The Hall–Kier alpha value is -3.75. The molecule has 3 rings (SSSR count). The number of nitrogens with one attached hydrogen (secondary N) is 2. The van der Waals surface area contributed by atoms with Crippen molar-refractivity contribution in [1.82, 2.24) is 19.7 Å². The van der Waals surface area contributed by atoms with Crippen LogP contribution in [0.1, 0.15) is 37.7 Å². The Morgan fingerprint density at radius 1 is 1.14 bits per heavy atom. The highest BCUT2D eigenvalue weighted by atomic mass is 16.5. The summed E-state index contributed by atoms with van der Waals surface area (Å²) in [5, 5.41) is 7.00. The number of benzene rings is 1. The van der Waals surface area contributed by atoms with Gasteiger partial charge in [-0.05, 0) is 32.9 Å². The third-order valence-electron chi connectivity index (χ3n) is 4.23. The molecule has 0 bridgehead atoms. The number of carbonyl (C=O) groups excluding carboxylic acids is 2. The zero-order valence-electron chi connectivity index (χ0n) is 15.9. The van der Waals surface area contributed by atoms with Crippen molar-refractivity contribution in [2.45, 2.75) is 20.8 Å². The Balaban J connectivity index is 2.01.